The summed E-state index contributed by atoms with van der Waals surface area (Å²) < 4.78 is 27.5. The van der Waals surface area contributed by atoms with Crippen LogP contribution in [0.4, 0.5) is 5.69 Å². The minimum atomic E-state index is -3.74. The lowest BCUT2D eigenvalue weighted by Gasteiger charge is -2.33. The topological polar surface area (TPSA) is 119 Å². The van der Waals surface area contributed by atoms with Gasteiger partial charge in [-0.3, -0.25) is 14.5 Å². The summed E-state index contributed by atoms with van der Waals surface area (Å²) in [5, 5.41) is 7.85. The first-order valence-corrected chi connectivity index (χ1v) is 9.73. The van der Waals surface area contributed by atoms with E-state index in [1.165, 1.54) is 24.3 Å². The molecule has 25 heavy (non-hydrogen) atoms. The average Bonchev–Trinajstić information content (AvgIpc) is 3.01. The molecule has 1 aromatic carbocycles. The first-order valence-electron chi connectivity index (χ1n) is 8.19. The van der Waals surface area contributed by atoms with E-state index < -0.39 is 10.0 Å². The predicted molar refractivity (Wildman–Crippen MR) is 90.1 cm³/mol. The quantitative estimate of drug-likeness (QED) is 0.739. The maximum atomic E-state index is 12.4. The molecule has 1 atom stereocenters. The van der Waals surface area contributed by atoms with Crippen molar-refractivity contribution in [3.8, 4) is 0 Å². The van der Waals surface area contributed by atoms with Gasteiger partial charge in [-0.15, -0.1) is 0 Å². The van der Waals surface area contributed by atoms with Gasteiger partial charge in [-0.2, -0.15) is 0 Å². The molecule has 2 aliphatic rings. The molecule has 9 heteroatoms. The number of benzene rings is 1. The second-order valence-corrected chi connectivity index (χ2v) is 7.90. The van der Waals surface area contributed by atoms with Crippen molar-refractivity contribution in [2.45, 2.75) is 30.2 Å². The van der Waals surface area contributed by atoms with Crippen molar-refractivity contribution in [2.75, 3.05) is 25.0 Å². The number of esters is 1. The van der Waals surface area contributed by atoms with Crippen molar-refractivity contribution in [1.29, 1.82) is 0 Å². The summed E-state index contributed by atoms with van der Waals surface area (Å²) in [6.07, 6.45) is 2.06. The number of nitrogens with one attached hydrogen (secondary N) is 1. The molecule has 1 unspecified atom stereocenters. The van der Waals surface area contributed by atoms with Crippen LogP contribution in [0.15, 0.2) is 29.2 Å². The Balaban J connectivity index is 1.53. The maximum Gasteiger partial charge on any atom is 0.323 e. The van der Waals surface area contributed by atoms with Crippen LogP contribution < -0.4 is 10.5 Å². The molecule has 136 valence electrons. The van der Waals surface area contributed by atoms with Gasteiger partial charge in [-0.25, -0.2) is 13.6 Å². The molecule has 0 radical (unpaired) electrons. The fourth-order valence-electron chi connectivity index (χ4n) is 3.26. The molecule has 2 saturated heterocycles. The lowest BCUT2D eigenvalue weighted by molar-refractivity contribution is -0.142. The molecule has 2 heterocycles. The highest BCUT2D eigenvalue weighted by Gasteiger charge is 2.35. The van der Waals surface area contributed by atoms with Crippen LogP contribution in [0.3, 0.4) is 0 Å². The number of piperidine rings is 1. The van der Waals surface area contributed by atoms with E-state index in [1.807, 2.05) is 0 Å². The molecule has 0 saturated carbocycles. The van der Waals surface area contributed by atoms with Crippen LogP contribution in [0.1, 0.15) is 19.3 Å². The summed E-state index contributed by atoms with van der Waals surface area (Å²) in [7, 11) is -3.74. The lowest BCUT2D eigenvalue weighted by Crippen LogP contribution is -2.45. The Hall–Kier alpha value is -1.97. The summed E-state index contributed by atoms with van der Waals surface area (Å²) in [6, 6.07) is 5.58. The number of sulfonamides is 1. The van der Waals surface area contributed by atoms with E-state index in [-0.39, 0.29) is 28.7 Å². The Morgan fingerprint density at radius 1 is 1.16 bits per heavy atom. The molecule has 2 aliphatic heterocycles. The first kappa shape index (κ1) is 17.8. The van der Waals surface area contributed by atoms with E-state index >= 15 is 0 Å². The number of carbonyl (C=O) groups is 2. The minimum Gasteiger partial charge on any atom is -0.464 e. The van der Waals surface area contributed by atoms with Crippen LogP contribution in [-0.4, -0.2) is 50.9 Å². The van der Waals surface area contributed by atoms with Crippen LogP contribution in [0.5, 0.6) is 0 Å². The average molecular weight is 367 g/mol. The lowest BCUT2D eigenvalue weighted by atomic mass is 9.94. The summed E-state index contributed by atoms with van der Waals surface area (Å²) in [5.74, 6) is -0.401. The minimum absolute atomic E-state index is 0.00209. The molecular formula is C16H21N3O5S. The Morgan fingerprint density at radius 3 is 2.32 bits per heavy atom. The van der Waals surface area contributed by atoms with Crippen LogP contribution in [0.2, 0.25) is 0 Å². The van der Waals surface area contributed by atoms with Gasteiger partial charge in [0.1, 0.15) is 6.04 Å². The second kappa shape index (κ2) is 7.11. The van der Waals surface area contributed by atoms with Gasteiger partial charge in [0.2, 0.25) is 15.9 Å². The normalized spacial score (nSPS) is 22.6. The first-order chi connectivity index (χ1) is 11.8. The third-order valence-corrected chi connectivity index (χ3v) is 5.63. The molecule has 3 N–H and O–H groups in total. The smallest absolute Gasteiger partial charge is 0.323 e. The van der Waals surface area contributed by atoms with Crippen molar-refractivity contribution < 1.29 is 22.7 Å². The van der Waals surface area contributed by atoms with Crippen molar-refractivity contribution in [3.63, 3.8) is 0 Å². The van der Waals surface area contributed by atoms with Crippen LogP contribution in [0.25, 0.3) is 0 Å². The molecule has 2 fully saturated rings. The van der Waals surface area contributed by atoms with Crippen molar-refractivity contribution in [2.24, 2.45) is 11.1 Å². The molecule has 8 nitrogen and oxygen atoms in total. The van der Waals surface area contributed by atoms with E-state index in [4.69, 9.17) is 9.88 Å². The van der Waals surface area contributed by atoms with Gasteiger partial charge in [-0.1, -0.05) is 0 Å². The fourth-order valence-corrected chi connectivity index (χ4v) is 3.78. The zero-order chi connectivity index (χ0) is 18.0. The molecule has 1 amide bonds. The molecular weight excluding hydrogens is 346 g/mol. The van der Waals surface area contributed by atoms with Gasteiger partial charge in [0.15, 0.2) is 0 Å². The summed E-state index contributed by atoms with van der Waals surface area (Å²) in [5.41, 5.74) is 0.527. The van der Waals surface area contributed by atoms with Gasteiger partial charge >= 0.3 is 5.97 Å². The highest BCUT2D eigenvalue weighted by Crippen LogP contribution is 2.24. The number of carbonyl (C=O) groups excluding carboxylic acids is 2. The standard InChI is InChI=1S/C16H21N3O5S/c17-25(22,23)13-3-1-12(2-4-13)18-15(20)11-5-8-19(9-6-11)14-7-10-24-16(14)21/h1-4,11,14H,5-10H2,(H,18,20)(H2,17,22,23). The van der Waals surface area contributed by atoms with Gasteiger partial charge in [0, 0.05) is 18.0 Å². The zero-order valence-corrected chi connectivity index (χ0v) is 14.5. The number of ether oxygens (including phenoxy) is 1. The number of amides is 1. The number of likely N-dealkylation sites (tertiary alicyclic amines) is 1. The number of rotatable bonds is 4. The van der Waals surface area contributed by atoms with E-state index in [0.717, 1.165) is 0 Å². The summed E-state index contributed by atoms with van der Waals surface area (Å²) >= 11 is 0. The second-order valence-electron chi connectivity index (χ2n) is 6.34. The SMILES string of the molecule is NS(=O)(=O)c1ccc(NC(=O)C2CCN(C3CCOC3=O)CC2)cc1. The number of anilines is 1. The van der Waals surface area contributed by atoms with Gasteiger partial charge in [0.05, 0.1) is 11.5 Å². The number of primary sulfonamides is 1. The van der Waals surface area contributed by atoms with E-state index in [9.17, 15) is 18.0 Å². The van der Waals surface area contributed by atoms with E-state index in [1.54, 1.807) is 0 Å². The molecule has 0 bridgehead atoms. The number of hydrogen-bond acceptors (Lipinski definition) is 6. The summed E-state index contributed by atoms with van der Waals surface area (Å²) in [4.78, 5) is 26.1. The molecule has 3 rings (SSSR count). The number of nitrogens with zero attached hydrogens (tertiary/aromatic N) is 1. The van der Waals surface area contributed by atoms with Crippen LogP contribution in [0, 0.1) is 5.92 Å². The Kier molecular flexibility index (Phi) is 5.07. The number of nitrogens with two attached hydrogens (primary N) is 1. The number of cyclic esters (lactones) is 1. The highest BCUT2D eigenvalue weighted by atomic mass is 32.2. The zero-order valence-electron chi connectivity index (χ0n) is 13.7. The van der Waals surface area contributed by atoms with E-state index in [0.29, 0.717) is 44.6 Å². The van der Waals surface area contributed by atoms with Gasteiger partial charge in [-0.05, 0) is 50.2 Å². The molecule has 0 spiro atoms. The predicted octanol–water partition coefficient (Wildman–Crippen LogP) is 0.300. The Morgan fingerprint density at radius 2 is 1.80 bits per heavy atom. The van der Waals surface area contributed by atoms with Gasteiger partial charge < -0.3 is 10.1 Å². The highest BCUT2D eigenvalue weighted by molar-refractivity contribution is 7.89. The Labute approximate surface area is 146 Å². The summed E-state index contributed by atoms with van der Waals surface area (Å²) in [6.45, 7) is 1.84. The third kappa shape index (κ3) is 4.17. The van der Waals surface area contributed by atoms with Gasteiger partial charge in [0.25, 0.3) is 0 Å². The molecule has 1 aromatic rings. The van der Waals surface area contributed by atoms with Crippen molar-refractivity contribution in [3.05, 3.63) is 24.3 Å². The maximum absolute atomic E-state index is 12.4. The van der Waals surface area contributed by atoms with Crippen molar-refractivity contribution in [1.82, 2.24) is 4.90 Å². The van der Waals surface area contributed by atoms with E-state index in [2.05, 4.69) is 10.2 Å². The Bertz CT molecular complexity index is 754. The monoisotopic (exact) mass is 367 g/mol. The number of hydrogen-bond donors (Lipinski definition) is 2. The fraction of sp³-hybridized carbons (Fsp3) is 0.500. The third-order valence-electron chi connectivity index (χ3n) is 4.70. The largest absolute Gasteiger partial charge is 0.464 e. The molecule has 0 aromatic heterocycles. The molecule has 0 aliphatic carbocycles. The van der Waals surface area contributed by atoms with Crippen LogP contribution >= 0.6 is 0 Å². The van der Waals surface area contributed by atoms with Crippen LogP contribution in [-0.2, 0) is 24.3 Å². The van der Waals surface area contributed by atoms with Crippen molar-refractivity contribution >= 4 is 27.6 Å².